The summed E-state index contributed by atoms with van der Waals surface area (Å²) in [5.41, 5.74) is 3.30. The molecule has 112 valence electrons. The summed E-state index contributed by atoms with van der Waals surface area (Å²) < 4.78 is 0. The molecule has 2 rings (SSSR count). The first kappa shape index (κ1) is 15.6. The summed E-state index contributed by atoms with van der Waals surface area (Å²) in [6.07, 6.45) is 1.83. The van der Waals surface area contributed by atoms with Gasteiger partial charge < -0.3 is 5.32 Å². The molecule has 0 aliphatic heterocycles. The highest BCUT2D eigenvalue weighted by molar-refractivity contribution is 5.09. The van der Waals surface area contributed by atoms with E-state index in [9.17, 15) is 0 Å². The van der Waals surface area contributed by atoms with Crippen molar-refractivity contribution in [1.29, 1.82) is 0 Å². The Bertz CT molecular complexity index is 527. The number of nitrogens with zero attached hydrogens (tertiary/aromatic N) is 3. The van der Waals surface area contributed by atoms with Crippen molar-refractivity contribution in [2.75, 3.05) is 19.6 Å². The molecule has 0 saturated heterocycles. The van der Waals surface area contributed by atoms with E-state index < -0.39 is 0 Å². The Balaban J connectivity index is 1.72. The molecule has 21 heavy (non-hydrogen) atoms. The average Bonchev–Trinajstić information content (AvgIpc) is 2.51. The molecule has 0 amide bonds. The highest BCUT2D eigenvalue weighted by Gasteiger charge is 2.04. The summed E-state index contributed by atoms with van der Waals surface area (Å²) >= 11 is 0. The fraction of sp³-hybridized carbons (Fsp3) is 0.412. The van der Waals surface area contributed by atoms with Crippen LogP contribution >= 0.6 is 0 Å². The predicted molar refractivity (Wildman–Crippen MR) is 85.9 cm³/mol. The second kappa shape index (κ2) is 8.49. The lowest BCUT2D eigenvalue weighted by molar-refractivity contribution is 0.275. The summed E-state index contributed by atoms with van der Waals surface area (Å²) in [6, 6.07) is 12.2. The zero-order valence-electron chi connectivity index (χ0n) is 12.9. The number of rotatable bonds is 8. The molecule has 0 saturated carbocycles. The van der Waals surface area contributed by atoms with Crippen LogP contribution in [0.15, 0.2) is 42.6 Å². The largest absolute Gasteiger partial charge is 0.310 e. The maximum absolute atomic E-state index is 4.56. The van der Waals surface area contributed by atoms with E-state index in [1.807, 2.05) is 37.4 Å². The third kappa shape index (κ3) is 5.61. The molecule has 0 fully saturated rings. The van der Waals surface area contributed by atoms with Crippen LogP contribution in [0.1, 0.15) is 24.0 Å². The van der Waals surface area contributed by atoms with E-state index in [2.05, 4.69) is 39.2 Å². The Morgan fingerprint density at radius 1 is 1.10 bits per heavy atom. The van der Waals surface area contributed by atoms with Gasteiger partial charge in [-0.2, -0.15) is 0 Å². The van der Waals surface area contributed by atoms with Crippen molar-refractivity contribution in [2.45, 2.75) is 26.9 Å². The van der Waals surface area contributed by atoms with Gasteiger partial charge in [0.15, 0.2) is 0 Å². The monoisotopic (exact) mass is 284 g/mol. The number of hydrogen-bond donors (Lipinski definition) is 1. The van der Waals surface area contributed by atoms with Gasteiger partial charge in [-0.3, -0.25) is 14.9 Å². The molecule has 0 radical (unpaired) electrons. The molecule has 0 spiro atoms. The second-order valence-electron chi connectivity index (χ2n) is 5.14. The van der Waals surface area contributed by atoms with Gasteiger partial charge in [-0.25, -0.2) is 0 Å². The maximum atomic E-state index is 4.56. The molecule has 0 aliphatic carbocycles. The fourth-order valence-corrected chi connectivity index (χ4v) is 2.22. The number of aryl methyl sites for hydroxylation is 1. The second-order valence-corrected chi connectivity index (χ2v) is 5.14. The van der Waals surface area contributed by atoms with Gasteiger partial charge in [0.1, 0.15) is 0 Å². The van der Waals surface area contributed by atoms with E-state index in [0.29, 0.717) is 0 Å². The van der Waals surface area contributed by atoms with Crippen LogP contribution in [0.4, 0.5) is 0 Å². The standard InChI is InChI=1S/C17H24N4/c1-3-21(14-17-9-6-7-15(2)20-17)12-11-18-13-16-8-4-5-10-19-16/h4-10,18H,3,11-14H2,1-2H3. The molecule has 0 bridgehead atoms. The zero-order chi connectivity index (χ0) is 14.9. The van der Waals surface area contributed by atoms with Gasteiger partial charge >= 0.3 is 0 Å². The lowest BCUT2D eigenvalue weighted by atomic mass is 10.3. The minimum atomic E-state index is 0.821. The smallest absolute Gasteiger partial charge is 0.0547 e. The van der Waals surface area contributed by atoms with Crippen LogP contribution in [0, 0.1) is 6.92 Å². The lowest BCUT2D eigenvalue weighted by Gasteiger charge is -2.20. The Labute approximate surface area is 127 Å². The molecule has 2 aromatic rings. The predicted octanol–water partition coefficient (Wildman–Crippen LogP) is 2.40. The van der Waals surface area contributed by atoms with Gasteiger partial charge in [0.25, 0.3) is 0 Å². The van der Waals surface area contributed by atoms with Crippen LogP contribution in [-0.2, 0) is 13.1 Å². The van der Waals surface area contributed by atoms with E-state index in [1.54, 1.807) is 0 Å². The Hall–Kier alpha value is -1.78. The molecule has 0 aromatic carbocycles. The van der Waals surface area contributed by atoms with Crippen molar-refractivity contribution in [3.8, 4) is 0 Å². The number of hydrogen-bond acceptors (Lipinski definition) is 4. The van der Waals surface area contributed by atoms with Gasteiger partial charge in [-0.1, -0.05) is 19.1 Å². The molecular formula is C17H24N4. The SMILES string of the molecule is CCN(CCNCc1ccccn1)Cc1cccc(C)n1. The average molecular weight is 284 g/mol. The molecular weight excluding hydrogens is 260 g/mol. The Kier molecular flexibility index (Phi) is 6.31. The van der Waals surface area contributed by atoms with Crippen LogP contribution in [0.5, 0.6) is 0 Å². The van der Waals surface area contributed by atoms with Gasteiger partial charge in [0.05, 0.1) is 11.4 Å². The molecule has 0 aliphatic rings. The van der Waals surface area contributed by atoms with Crippen molar-refractivity contribution in [3.05, 3.63) is 59.7 Å². The zero-order valence-corrected chi connectivity index (χ0v) is 12.9. The minimum absolute atomic E-state index is 0.821. The lowest BCUT2D eigenvalue weighted by Crippen LogP contribution is -2.32. The molecule has 2 heterocycles. The van der Waals surface area contributed by atoms with Gasteiger partial charge in [0.2, 0.25) is 0 Å². The highest BCUT2D eigenvalue weighted by Crippen LogP contribution is 2.02. The molecule has 4 nitrogen and oxygen atoms in total. The van der Waals surface area contributed by atoms with Crippen LogP contribution in [-0.4, -0.2) is 34.5 Å². The van der Waals surface area contributed by atoms with Gasteiger partial charge in [-0.05, 0) is 37.7 Å². The van der Waals surface area contributed by atoms with Crippen LogP contribution < -0.4 is 5.32 Å². The van der Waals surface area contributed by atoms with E-state index in [1.165, 1.54) is 0 Å². The Morgan fingerprint density at radius 2 is 1.95 bits per heavy atom. The first-order valence-electron chi connectivity index (χ1n) is 7.53. The molecule has 0 unspecified atom stereocenters. The molecule has 1 N–H and O–H groups in total. The van der Waals surface area contributed by atoms with Crippen molar-refractivity contribution in [2.24, 2.45) is 0 Å². The summed E-state index contributed by atoms with van der Waals surface area (Å²) in [6.45, 7) is 8.95. The number of likely N-dealkylation sites (N-methyl/N-ethyl adjacent to an activating group) is 1. The molecule has 2 aromatic heterocycles. The maximum Gasteiger partial charge on any atom is 0.0547 e. The number of pyridine rings is 2. The van der Waals surface area contributed by atoms with E-state index in [0.717, 1.165) is 49.8 Å². The number of aromatic nitrogens is 2. The molecule has 0 atom stereocenters. The summed E-state index contributed by atoms with van der Waals surface area (Å²) in [7, 11) is 0. The van der Waals surface area contributed by atoms with E-state index in [4.69, 9.17) is 0 Å². The van der Waals surface area contributed by atoms with Crippen molar-refractivity contribution in [3.63, 3.8) is 0 Å². The van der Waals surface area contributed by atoms with Gasteiger partial charge in [-0.15, -0.1) is 0 Å². The van der Waals surface area contributed by atoms with Crippen LogP contribution in [0.3, 0.4) is 0 Å². The van der Waals surface area contributed by atoms with Crippen molar-refractivity contribution >= 4 is 0 Å². The van der Waals surface area contributed by atoms with Gasteiger partial charge in [0, 0.05) is 38.1 Å². The normalized spacial score (nSPS) is 11.0. The topological polar surface area (TPSA) is 41.0 Å². The van der Waals surface area contributed by atoms with Crippen molar-refractivity contribution in [1.82, 2.24) is 20.2 Å². The van der Waals surface area contributed by atoms with Crippen LogP contribution in [0.25, 0.3) is 0 Å². The third-order valence-corrected chi connectivity index (χ3v) is 3.42. The Morgan fingerprint density at radius 3 is 2.67 bits per heavy atom. The fourth-order valence-electron chi connectivity index (χ4n) is 2.22. The van der Waals surface area contributed by atoms with E-state index >= 15 is 0 Å². The first-order valence-corrected chi connectivity index (χ1v) is 7.53. The summed E-state index contributed by atoms with van der Waals surface area (Å²) in [5.74, 6) is 0. The number of nitrogens with one attached hydrogen (secondary N) is 1. The minimum Gasteiger partial charge on any atom is -0.310 e. The quantitative estimate of drug-likeness (QED) is 0.756. The van der Waals surface area contributed by atoms with Crippen LogP contribution in [0.2, 0.25) is 0 Å². The third-order valence-electron chi connectivity index (χ3n) is 3.42. The highest BCUT2D eigenvalue weighted by atomic mass is 15.1. The first-order chi connectivity index (χ1) is 10.3. The summed E-state index contributed by atoms with van der Waals surface area (Å²) in [5, 5.41) is 3.44. The van der Waals surface area contributed by atoms with E-state index in [-0.39, 0.29) is 0 Å². The molecule has 4 heteroatoms. The van der Waals surface area contributed by atoms with Crippen molar-refractivity contribution < 1.29 is 0 Å². The summed E-state index contributed by atoms with van der Waals surface area (Å²) in [4.78, 5) is 11.3.